The first-order chi connectivity index (χ1) is 18.7. The van der Waals surface area contributed by atoms with Crippen molar-refractivity contribution in [1.29, 1.82) is 0 Å². The van der Waals surface area contributed by atoms with Crippen molar-refractivity contribution < 1.29 is 33.3 Å². The first-order valence-electron chi connectivity index (χ1n) is 13.3. The lowest BCUT2D eigenvalue weighted by Gasteiger charge is -2.26. The SMILES string of the molecule is C=CCCCCN(C)C(=O)[C@@H]1C[C@H](Oc2cc(OC)nc(OC)n2)C[C@H]1C(=O)N[C@]1(C(=O)OCC)C[C@H]1C=C. The molecule has 1 aromatic heterocycles. The molecule has 2 amide bonds. The number of hydrogen-bond donors (Lipinski definition) is 1. The van der Waals surface area contributed by atoms with Crippen molar-refractivity contribution in [1.82, 2.24) is 20.2 Å². The Kier molecular flexibility index (Phi) is 10.3. The van der Waals surface area contributed by atoms with E-state index in [0.717, 1.165) is 19.3 Å². The number of nitrogens with zero attached hydrogens (tertiary/aromatic N) is 3. The predicted molar refractivity (Wildman–Crippen MR) is 143 cm³/mol. The molecular formula is C28H40N4O7. The molecule has 0 spiro atoms. The molecule has 214 valence electrons. The minimum Gasteiger partial charge on any atom is -0.481 e. The second-order valence-corrected chi connectivity index (χ2v) is 9.93. The monoisotopic (exact) mass is 544 g/mol. The molecule has 1 heterocycles. The van der Waals surface area contributed by atoms with E-state index >= 15 is 0 Å². The van der Waals surface area contributed by atoms with Crippen LogP contribution >= 0.6 is 0 Å². The number of ether oxygens (including phenoxy) is 4. The van der Waals surface area contributed by atoms with Crippen molar-refractivity contribution in [2.45, 2.75) is 57.1 Å². The van der Waals surface area contributed by atoms with Crippen LogP contribution in [-0.2, 0) is 19.1 Å². The molecule has 11 heteroatoms. The number of carbonyl (C=O) groups excluding carboxylic acids is 3. The van der Waals surface area contributed by atoms with Crippen LogP contribution in [0.15, 0.2) is 31.4 Å². The van der Waals surface area contributed by atoms with Crippen molar-refractivity contribution >= 4 is 17.8 Å². The van der Waals surface area contributed by atoms with Crippen LogP contribution in [0.25, 0.3) is 0 Å². The van der Waals surface area contributed by atoms with Crippen molar-refractivity contribution in [2.24, 2.45) is 17.8 Å². The highest BCUT2D eigenvalue weighted by molar-refractivity contribution is 5.95. The summed E-state index contributed by atoms with van der Waals surface area (Å²) in [4.78, 5) is 49.9. The Morgan fingerprint density at radius 2 is 1.85 bits per heavy atom. The average molecular weight is 545 g/mol. The third-order valence-corrected chi connectivity index (χ3v) is 7.32. The molecule has 0 aliphatic heterocycles. The van der Waals surface area contributed by atoms with Crippen LogP contribution in [0.4, 0.5) is 0 Å². The summed E-state index contributed by atoms with van der Waals surface area (Å²) in [5.74, 6) is -2.10. The second-order valence-electron chi connectivity index (χ2n) is 9.93. The Bertz CT molecular complexity index is 1040. The number of nitrogens with one attached hydrogen (secondary N) is 1. The highest BCUT2D eigenvalue weighted by Crippen LogP contribution is 2.46. The molecule has 2 aliphatic carbocycles. The van der Waals surface area contributed by atoms with Gasteiger partial charge in [0.15, 0.2) is 0 Å². The lowest BCUT2D eigenvalue weighted by molar-refractivity contribution is -0.150. The quantitative estimate of drug-likeness (QED) is 0.201. The van der Waals surface area contributed by atoms with Gasteiger partial charge >= 0.3 is 12.0 Å². The molecule has 0 saturated heterocycles. The maximum absolute atomic E-state index is 13.7. The van der Waals surface area contributed by atoms with Crippen LogP contribution in [0.1, 0.15) is 45.4 Å². The standard InChI is InChI=1S/C28H40N4O7/c1-7-10-11-12-13-32(4)25(34)21-15-19(39-23-16-22(36-5)29-27(30-23)37-6)14-20(21)24(33)31-28(17-18(28)8-2)26(35)38-9-3/h7-8,16,18-21H,1-2,9-15,17H2,3-6H3,(H,31,33)/t18-,19-,20-,21-,28-/m1/s1. The molecule has 11 nitrogen and oxygen atoms in total. The van der Waals surface area contributed by atoms with Crippen LogP contribution in [0.3, 0.4) is 0 Å². The summed E-state index contributed by atoms with van der Waals surface area (Å²) in [6.45, 7) is 10.00. The average Bonchev–Trinajstić information content (AvgIpc) is 3.50. The minimum absolute atomic E-state index is 0.0732. The van der Waals surface area contributed by atoms with Gasteiger partial charge < -0.3 is 29.2 Å². The number of esters is 1. The third kappa shape index (κ3) is 7.07. The van der Waals surface area contributed by atoms with E-state index in [2.05, 4.69) is 28.4 Å². The summed E-state index contributed by atoms with van der Waals surface area (Å²) < 4.78 is 21.7. The van der Waals surface area contributed by atoms with E-state index in [0.29, 0.717) is 19.4 Å². The Balaban J connectivity index is 1.80. The topological polar surface area (TPSA) is 129 Å². The summed E-state index contributed by atoms with van der Waals surface area (Å²) >= 11 is 0. The highest BCUT2D eigenvalue weighted by atomic mass is 16.5. The van der Waals surface area contributed by atoms with Gasteiger partial charge in [-0.15, -0.1) is 13.2 Å². The molecule has 0 unspecified atom stereocenters. The molecule has 5 atom stereocenters. The fraction of sp³-hybridized carbons (Fsp3) is 0.607. The van der Waals surface area contributed by atoms with Gasteiger partial charge in [0.2, 0.25) is 23.6 Å². The summed E-state index contributed by atoms with van der Waals surface area (Å²) in [5.41, 5.74) is -1.15. The summed E-state index contributed by atoms with van der Waals surface area (Å²) in [6.07, 6.45) is 6.61. The number of aromatic nitrogens is 2. The van der Waals surface area contributed by atoms with Crippen molar-refractivity contribution in [3.63, 3.8) is 0 Å². The van der Waals surface area contributed by atoms with Gasteiger partial charge in [-0.3, -0.25) is 9.59 Å². The summed E-state index contributed by atoms with van der Waals surface area (Å²) in [7, 11) is 4.64. The second kappa shape index (κ2) is 13.4. The van der Waals surface area contributed by atoms with Crippen LogP contribution in [0.5, 0.6) is 17.8 Å². The molecule has 0 radical (unpaired) electrons. The van der Waals surface area contributed by atoms with E-state index in [9.17, 15) is 14.4 Å². The maximum atomic E-state index is 13.7. The first kappa shape index (κ1) is 29.9. The molecule has 3 rings (SSSR count). The number of hydrogen-bond acceptors (Lipinski definition) is 9. The maximum Gasteiger partial charge on any atom is 0.332 e. The predicted octanol–water partition coefficient (Wildman–Crippen LogP) is 2.71. The van der Waals surface area contributed by atoms with Gasteiger partial charge in [-0.1, -0.05) is 12.2 Å². The van der Waals surface area contributed by atoms with Gasteiger partial charge in [0, 0.05) is 19.5 Å². The zero-order chi connectivity index (χ0) is 28.6. The van der Waals surface area contributed by atoms with E-state index in [1.165, 1.54) is 20.3 Å². The normalized spacial score (nSPS) is 25.2. The Morgan fingerprint density at radius 3 is 2.46 bits per heavy atom. The number of unbranched alkanes of at least 4 members (excludes halogenated alkanes) is 2. The van der Waals surface area contributed by atoms with E-state index in [1.54, 1.807) is 24.9 Å². The first-order valence-corrected chi connectivity index (χ1v) is 13.3. The smallest absolute Gasteiger partial charge is 0.332 e. The molecule has 39 heavy (non-hydrogen) atoms. The molecule has 0 bridgehead atoms. The van der Waals surface area contributed by atoms with E-state index < -0.39 is 29.4 Å². The largest absolute Gasteiger partial charge is 0.481 e. The van der Waals surface area contributed by atoms with Crippen LogP contribution in [0, 0.1) is 17.8 Å². The summed E-state index contributed by atoms with van der Waals surface area (Å²) in [5, 5.41) is 2.91. The van der Waals surface area contributed by atoms with Gasteiger partial charge in [-0.05, 0) is 45.4 Å². The number of allylic oxidation sites excluding steroid dienone is 1. The van der Waals surface area contributed by atoms with Crippen molar-refractivity contribution in [3.8, 4) is 17.8 Å². The summed E-state index contributed by atoms with van der Waals surface area (Å²) in [6, 6.07) is 1.59. The number of methoxy groups -OCH3 is 2. The highest BCUT2D eigenvalue weighted by Gasteiger charge is 2.62. The van der Waals surface area contributed by atoms with Gasteiger partial charge in [-0.2, -0.15) is 9.97 Å². The number of amides is 2. The van der Waals surface area contributed by atoms with E-state index in [1.807, 2.05) is 6.08 Å². The zero-order valence-corrected chi connectivity index (χ0v) is 23.3. The Hall–Kier alpha value is -3.63. The Labute approximate surface area is 229 Å². The van der Waals surface area contributed by atoms with Gasteiger partial charge in [-0.25, -0.2) is 4.79 Å². The molecule has 2 fully saturated rings. The lowest BCUT2D eigenvalue weighted by Crippen LogP contribution is -2.50. The van der Waals surface area contributed by atoms with E-state index in [4.69, 9.17) is 18.9 Å². The van der Waals surface area contributed by atoms with Gasteiger partial charge in [0.25, 0.3) is 0 Å². The third-order valence-electron chi connectivity index (χ3n) is 7.32. The fourth-order valence-electron chi connectivity index (χ4n) is 5.07. The Morgan fingerprint density at radius 1 is 1.13 bits per heavy atom. The molecule has 2 saturated carbocycles. The molecular weight excluding hydrogens is 504 g/mol. The van der Waals surface area contributed by atoms with E-state index in [-0.39, 0.29) is 48.5 Å². The molecule has 1 aromatic rings. The fourth-order valence-corrected chi connectivity index (χ4v) is 5.07. The van der Waals surface area contributed by atoms with Gasteiger partial charge in [0.1, 0.15) is 11.6 Å². The lowest BCUT2D eigenvalue weighted by atomic mass is 9.93. The molecule has 0 aromatic carbocycles. The molecule has 1 N–H and O–H groups in total. The van der Waals surface area contributed by atoms with Gasteiger partial charge in [0.05, 0.1) is 38.7 Å². The van der Waals surface area contributed by atoms with Crippen LogP contribution < -0.4 is 19.5 Å². The minimum atomic E-state index is -1.15. The van der Waals surface area contributed by atoms with Crippen molar-refractivity contribution in [2.75, 3.05) is 34.4 Å². The molecule has 2 aliphatic rings. The van der Waals surface area contributed by atoms with Crippen LogP contribution in [-0.4, -0.2) is 78.7 Å². The number of rotatable bonds is 15. The van der Waals surface area contributed by atoms with Crippen molar-refractivity contribution in [3.05, 3.63) is 31.4 Å². The zero-order valence-electron chi connectivity index (χ0n) is 23.3. The van der Waals surface area contributed by atoms with Crippen LogP contribution in [0.2, 0.25) is 0 Å². The number of carbonyl (C=O) groups is 3.